The van der Waals surface area contributed by atoms with Crippen molar-refractivity contribution in [2.75, 3.05) is 39.3 Å². The zero-order valence-corrected chi connectivity index (χ0v) is 14.3. The molecule has 0 amide bonds. The molecule has 2 aliphatic rings. The Hall–Kier alpha value is -1.36. The van der Waals surface area contributed by atoms with E-state index < -0.39 is 27.0 Å². The highest BCUT2D eigenvalue weighted by Gasteiger charge is 2.39. The Bertz CT molecular complexity index is 705. The van der Waals surface area contributed by atoms with Gasteiger partial charge in [0.05, 0.1) is 0 Å². The van der Waals surface area contributed by atoms with Crippen molar-refractivity contribution in [1.29, 1.82) is 0 Å². The number of alkyl halides is 3. The van der Waals surface area contributed by atoms with Crippen LogP contribution >= 0.6 is 0 Å². The molecule has 10 heteroatoms. The van der Waals surface area contributed by atoms with Gasteiger partial charge in [-0.25, -0.2) is 8.42 Å². The quantitative estimate of drug-likeness (QED) is 0.853. The molecule has 0 spiro atoms. The van der Waals surface area contributed by atoms with Gasteiger partial charge in [-0.3, -0.25) is 4.90 Å². The molecule has 0 aliphatic carbocycles. The molecule has 1 aromatic rings. The first-order chi connectivity index (χ1) is 11.8. The van der Waals surface area contributed by atoms with Gasteiger partial charge in [0.2, 0.25) is 10.0 Å². The zero-order chi connectivity index (χ0) is 18.1. The molecule has 2 fully saturated rings. The normalized spacial score (nSPS) is 23.7. The topological polar surface area (TPSA) is 61.9 Å². The van der Waals surface area contributed by atoms with E-state index in [-0.39, 0.29) is 19.1 Å². The molecule has 140 valence electrons. The van der Waals surface area contributed by atoms with Gasteiger partial charge in [0.1, 0.15) is 10.6 Å². The van der Waals surface area contributed by atoms with Crippen molar-refractivity contribution in [3.8, 4) is 5.75 Å². The predicted octanol–water partition coefficient (Wildman–Crippen LogP) is 1.25. The maximum absolute atomic E-state index is 12.8. The van der Waals surface area contributed by atoms with Crippen LogP contribution in [0.1, 0.15) is 6.42 Å². The van der Waals surface area contributed by atoms with Crippen LogP contribution in [0.4, 0.5) is 13.2 Å². The summed E-state index contributed by atoms with van der Waals surface area (Å²) in [6.45, 7) is 3.95. The second kappa shape index (κ2) is 7.10. The summed E-state index contributed by atoms with van der Waals surface area (Å²) < 4.78 is 68.4. The predicted molar refractivity (Wildman–Crippen MR) is 84.7 cm³/mol. The third-order valence-electron chi connectivity index (χ3n) is 4.49. The summed E-state index contributed by atoms with van der Waals surface area (Å²) in [5.41, 5.74) is 0. The summed E-state index contributed by atoms with van der Waals surface area (Å²) in [7, 11) is -4.05. The molecular weight excluding hydrogens is 359 g/mol. The van der Waals surface area contributed by atoms with E-state index in [1.807, 2.05) is 0 Å². The van der Waals surface area contributed by atoms with Crippen LogP contribution in [0.3, 0.4) is 0 Å². The Kier molecular flexibility index (Phi) is 5.24. The van der Waals surface area contributed by atoms with Crippen LogP contribution in [0.2, 0.25) is 0 Å². The molecule has 0 aromatic heterocycles. The standard InChI is InChI=1S/C15H20F3N3O3S/c16-15(17,18)24-13-3-1-2-4-14(13)25(22,23)21-8-5-12(11-21)20-9-6-19-7-10-20/h1-4,12,19H,5-11H2. The van der Waals surface area contributed by atoms with Crippen LogP contribution in [0.15, 0.2) is 29.2 Å². The van der Waals surface area contributed by atoms with Crippen molar-refractivity contribution >= 4 is 10.0 Å². The zero-order valence-electron chi connectivity index (χ0n) is 13.5. The van der Waals surface area contributed by atoms with Gasteiger partial charge in [0, 0.05) is 45.3 Å². The minimum Gasteiger partial charge on any atom is -0.404 e. The van der Waals surface area contributed by atoms with E-state index in [1.165, 1.54) is 16.4 Å². The van der Waals surface area contributed by atoms with E-state index in [1.54, 1.807) is 0 Å². The van der Waals surface area contributed by atoms with Crippen LogP contribution in [-0.4, -0.2) is 69.3 Å². The highest BCUT2D eigenvalue weighted by Crippen LogP contribution is 2.33. The summed E-state index contributed by atoms with van der Waals surface area (Å²) in [5, 5.41) is 3.24. The molecule has 1 unspecified atom stereocenters. The molecule has 25 heavy (non-hydrogen) atoms. The number of rotatable bonds is 4. The Morgan fingerprint density at radius 3 is 2.48 bits per heavy atom. The van der Waals surface area contributed by atoms with E-state index in [0.29, 0.717) is 6.42 Å². The first-order valence-corrected chi connectivity index (χ1v) is 9.51. The number of halogens is 3. The average Bonchev–Trinajstić information content (AvgIpc) is 3.05. The number of hydrogen-bond acceptors (Lipinski definition) is 5. The summed E-state index contributed by atoms with van der Waals surface area (Å²) in [6, 6.07) is 4.96. The van der Waals surface area contributed by atoms with Crippen molar-refractivity contribution in [1.82, 2.24) is 14.5 Å². The van der Waals surface area contributed by atoms with Crippen LogP contribution in [0, 0.1) is 0 Å². The Morgan fingerprint density at radius 2 is 1.80 bits per heavy atom. The fraction of sp³-hybridized carbons (Fsp3) is 0.600. The minimum absolute atomic E-state index is 0.0903. The monoisotopic (exact) mass is 379 g/mol. The van der Waals surface area contributed by atoms with Crippen LogP contribution in [0.25, 0.3) is 0 Å². The molecule has 0 bridgehead atoms. The molecule has 1 N–H and O–H groups in total. The van der Waals surface area contributed by atoms with Crippen LogP contribution < -0.4 is 10.1 Å². The molecule has 2 heterocycles. The van der Waals surface area contributed by atoms with Crippen molar-refractivity contribution in [2.24, 2.45) is 0 Å². The maximum atomic E-state index is 12.8. The van der Waals surface area contributed by atoms with Gasteiger partial charge < -0.3 is 10.1 Å². The third kappa shape index (κ3) is 4.25. The molecule has 0 radical (unpaired) electrons. The Morgan fingerprint density at radius 1 is 1.12 bits per heavy atom. The molecule has 0 saturated carbocycles. The molecule has 6 nitrogen and oxygen atoms in total. The maximum Gasteiger partial charge on any atom is 0.573 e. The minimum atomic E-state index is -4.94. The molecule has 3 rings (SSSR count). The van der Waals surface area contributed by atoms with Crippen molar-refractivity contribution < 1.29 is 26.3 Å². The molecule has 1 atom stereocenters. The highest BCUT2D eigenvalue weighted by atomic mass is 32.2. The lowest BCUT2D eigenvalue weighted by molar-refractivity contribution is -0.275. The highest BCUT2D eigenvalue weighted by molar-refractivity contribution is 7.89. The van der Waals surface area contributed by atoms with Crippen molar-refractivity contribution in [3.05, 3.63) is 24.3 Å². The van der Waals surface area contributed by atoms with E-state index >= 15 is 0 Å². The lowest BCUT2D eigenvalue weighted by atomic mass is 10.2. The lowest BCUT2D eigenvalue weighted by Gasteiger charge is -2.32. The Balaban J connectivity index is 1.78. The smallest absolute Gasteiger partial charge is 0.404 e. The summed E-state index contributed by atoms with van der Waals surface area (Å²) >= 11 is 0. The lowest BCUT2D eigenvalue weighted by Crippen LogP contribution is -2.49. The third-order valence-corrected chi connectivity index (χ3v) is 6.39. The number of nitrogens with one attached hydrogen (secondary N) is 1. The number of para-hydroxylation sites is 1. The largest absolute Gasteiger partial charge is 0.573 e. The van der Waals surface area contributed by atoms with E-state index in [2.05, 4.69) is 15.0 Å². The van der Waals surface area contributed by atoms with E-state index in [9.17, 15) is 21.6 Å². The van der Waals surface area contributed by atoms with Gasteiger partial charge >= 0.3 is 6.36 Å². The van der Waals surface area contributed by atoms with Crippen LogP contribution in [0.5, 0.6) is 5.75 Å². The number of nitrogens with zero attached hydrogens (tertiary/aromatic N) is 2. The number of hydrogen-bond donors (Lipinski definition) is 1. The second-order valence-corrected chi connectivity index (χ2v) is 7.99. The fourth-order valence-electron chi connectivity index (χ4n) is 3.29. The van der Waals surface area contributed by atoms with Crippen molar-refractivity contribution in [2.45, 2.75) is 23.7 Å². The van der Waals surface area contributed by atoms with Gasteiger partial charge in [0.25, 0.3) is 0 Å². The Labute approximate surface area is 144 Å². The fourth-order valence-corrected chi connectivity index (χ4v) is 4.89. The summed E-state index contributed by atoms with van der Waals surface area (Å²) in [5.74, 6) is -0.694. The van der Waals surface area contributed by atoms with Gasteiger partial charge in [-0.1, -0.05) is 12.1 Å². The molecule has 1 aromatic carbocycles. The first kappa shape index (κ1) is 18.4. The number of piperazine rings is 1. The summed E-state index contributed by atoms with van der Waals surface area (Å²) in [4.78, 5) is 1.78. The van der Waals surface area contributed by atoms with Gasteiger partial charge in [-0.2, -0.15) is 4.31 Å². The summed E-state index contributed by atoms with van der Waals surface area (Å²) in [6.07, 6.45) is -4.28. The second-order valence-electron chi connectivity index (χ2n) is 6.09. The first-order valence-electron chi connectivity index (χ1n) is 8.07. The molecule has 2 aliphatic heterocycles. The number of ether oxygens (including phenoxy) is 1. The average molecular weight is 379 g/mol. The molecular formula is C15H20F3N3O3S. The van der Waals surface area contributed by atoms with Gasteiger partial charge in [-0.05, 0) is 18.6 Å². The van der Waals surface area contributed by atoms with Gasteiger partial charge in [0.15, 0.2) is 0 Å². The van der Waals surface area contributed by atoms with E-state index in [0.717, 1.165) is 38.3 Å². The number of benzene rings is 1. The van der Waals surface area contributed by atoms with Gasteiger partial charge in [-0.15, -0.1) is 13.2 Å². The SMILES string of the molecule is O=S(=O)(c1ccccc1OC(F)(F)F)N1CCC(N2CCNCC2)C1. The molecule has 2 saturated heterocycles. The van der Waals surface area contributed by atoms with Crippen LogP contribution in [-0.2, 0) is 10.0 Å². The number of sulfonamides is 1. The van der Waals surface area contributed by atoms with Crippen molar-refractivity contribution in [3.63, 3.8) is 0 Å². The van der Waals surface area contributed by atoms with E-state index in [4.69, 9.17) is 0 Å².